The van der Waals surface area contributed by atoms with Gasteiger partial charge in [-0.15, -0.1) is 11.6 Å². The van der Waals surface area contributed by atoms with Crippen molar-refractivity contribution in [3.63, 3.8) is 0 Å². The second-order valence-corrected chi connectivity index (χ2v) is 3.92. The first-order valence-electron chi connectivity index (χ1n) is 4.67. The molecule has 0 aliphatic carbocycles. The minimum Gasteiger partial charge on any atom is -0.374 e. The van der Waals surface area contributed by atoms with Crippen molar-refractivity contribution in [1.29, 1.82) is 0 Å². The predicted molar refractivity (Wildman–Crippen MR) is 61.2 cm³/mol. The van der Waals surface area contributed by atoms with Gasteiger partial charge in [-0.1, -0.05) is 23.7 Å². The molecule has 1 aromatic rings. The topological polar surface area (TPSA) is 9.23 Å². The summed E-state index contributed by atoms with van der Waals surface area (Å²) in [6.07, 6.45) is 0.995. The van der Waals surface area contributed by atoms with E-state index >= 15 is 0 Å². The molecule has 0 heterocycles. The van der Waals surface area contributed by atoms with Crippen LogP contribution in [0.25, 0.3) is 0 Å². The highest BCUT2D eigenvalue weighted by atomic mass is 35.5. The minimum atomic E-state index is 0.107. The zero-order valence-electron chi connectivity index (χ0n) is 8.17. The Labute approximate surface area is 95.0 Å². The van der Waals surface area contributed by atoms with Crippen molar-refractivity contribution in [2.75, 3.05) is 12.5 Å². The molecule has 1 unspecified atom stereocenters. The van der Waals surface area contributed by atoms with Crippen LogP contribution in [0.1, 0.15) is 25.0 Å². The standard InChI is InChI=1S/C11H14Cl2O/c1-9(14-8-2-7-12)10-3-5-11(13)6-4-10/h3-6,9H,2,7-8H2,1H3. The predicted octanol–water partition coefficient (Wildman–Crippen LogP) is 4.05. The summed E-state index contributed by atoms with van der Waals surface area (Å²) in [5.41, 5.74) is 1.14. The molecule has 0 amide bonds. The van der Waals surface area contributed by atoms with Crippen LogP contribution in [-0.2, 0) is 4.74 Å². The molecule has 0 fully saturated rings. The molecule has 0 aromatic heterocycles. The summed E-state index contributed by atoms with van der Waals surface area (Å²) in [4.78, 5) is 0. The van der Waals surface area contributed by atoms with Crippen molar-refractivity contribution in [3.8, 4) is 0 Å². The minimum absolute atomic E-state index is 0.107. The number of halogens is 2. The Morgan fingerprint density at radius 3 is 2.50 bits per heavy atom. The summed E-state index contributed by atoms with van der Waals surface area (Å²) in [6, 6.07) is 7.71. The number of ether oxygens (including phenoxy) is 1. The molecular formula is C11H14Cl2O. The van der Waals surface area contributed by atoms with E-state index in [1.54, 1.807) is 0 Å². The Kier molecular flexibility index (Phi) is 5.31. The van der Waals surface area contributed by atoms with Crippen LogP contribution < -0.4 is 0 Å². The molecule has 0 bridgehead atoms. The third-order valence-electron chi connectivity index (χ3n) is 1.99. The lowest BCUT2D eigenvalue weighted by atomic mass is 10.1. The van der Waals surface area contributed by atoms with Crippen LogP contribution in [0.5, 0.6) is 0 Å². The zero-order chi connectivity index (χ0) is 10.4. The zero-order valence-corrected chi connectivity index (χ0v) is 9.68. The van der Waals surface area contributed by atoms with Crippen molar-refractivity contribution >= 4 is 23.2 Å². The van der Waals surface area contributed by atoms with Crippen LogP contribution in [0.2, 0.25) is 5.02 Å². The molecule has 0 saturated heterocycles. The van der Waals surface area contributed by atoms with E-state index in [-0.39, 0.29) is 6.10 Å². The van der Waals surface area contributed by atoms with E-state index < -0.39 is 0 Å². The Morgan fingerprint density at radius 1 is 1.29 bits per heavy atom. The van der Waals surface area contributed by atoms with Crippen LogP contribution >= 0.6 is 23.2 Å². The van der Waals surface area contributed by atoms with Gasteiger partial charge in [0.05, 0.1) is 6.10 Å². The molecule has 78 valence electrons. The SMILES string of the molecule is CC(OCCCCl)c1ccc(Cl)cc1. The largest absolute Gasteiger partial charge is 0.374 e. The number of benzene rings is 1. The van der Waals surface area contributed by atoms with Crippen LogP contribution in [-0.4, -0.2) is 12.5 Å². The molecule has 1 rings (SSSR count). The van der Waals surface area contributed by atoms with Gasteiger partial charge in [-0.25, -0.2) is 0 Å². The van der Waals surface area contributed by atoms with E-state index in [0.717, 1.165) is 17.0 Å². The average molecular weight is 233 g/mol. The summed E-state index contributed by atoms with van der Waals surface area (Å²) in [7, 11) is 0. The van der Waals surface area contributed by atoms with Crippen LogP contribution in [0, 0.1) is 0 Å². The molecule has 0 radical (unpaired) electrons. The summed E-state index contributed by atoms with van der Waals surface area (Å²) in [5.74, 6) is 0.646. The molecule has 3 heteroatoms. The summed E-state index contributed by atoms with van der Waals surface area (Å²) in [6.45, 7) is 2.73. The molecule has 1 aromatic carbocycles. The fourth-order valence-corrected chi connectivity index (χ4v) is 1.38. The molecular weight excluding hydrogens is 219 g/mol. The molecule has 0 spiro atoms. The van der Waals surface area contributed by atoms with Gasteiger partial charge in [-0.3, -0.25) is 0 Å². The van der Waals surface area contributed by atoms with Gasteiger partial charge in [0, 0.05) is 17.5 Å². The van der Waals surface area contributed by atoms with Crippen LogP contribution in [0.3, 0.4) is 0 Å². The van der Waals surface area contributed by atoms with E-state index in [1.807, 2.05) is 31.2 Å². The molecule has 0 aliphatic rings. The Balaban J connectivity index is 2.43. The Hall–Kier alpha value is -0.240. The number of rotatable bonds is 5. The van der Waals surface area contributed by atoms with Crippen molar-refractivity contribution in [1.82, 2.24) is 0 Å². The van der Waals surface area contributed by atoms with Crippen molar-refractivity contribution in [3.05, 3.63) is 34.9 Å². The molecule has 1 atom stereocenters. The Bertz CT molecular complexity index is 258. The lowest BCUT2D eigenvalue weighted by Gasteiger charge is -2.12. The molecule has 0 aliphatic heterocycles. The highest BCUT2D eigenvalue weighted by molar-refractivity contribution is 6.30. The van der Waals surface area contributed by atoms with E-state index in [4.69, 9.17) is 27.9 Å². The third kappa shape index (κ3) is 3.87. The van der Waals surface area contributed by atoms with Crippen molar-refractivity contribution < 1.29 is 4.74 Å². The maximum absolute atomic E-state index is 5.78. The first-order valence-corrected chi connectivity index (χ1v) is 5.58. The van der Waals surface area contributed by atoms with Gasteiger partial charge in [0.15, 0.2) is 0 Å². The van der Waals surface area contributed by atoms with Crippen LogP contribution in [0.15, 0.2) is 24.3 Å². The van der Waals surface area contributed by atoms with Crippen molar-refractivity contribution in [2.24, 2.45) is 0 Å². The van der Waals surface area contributed by atoms with Gasteiger partial charge in [0.25, 0.3) is 0 Å². The lowest BCUT2D eigenvalue weighted by Crippen LogP contribution is -2.01. The van der Waals surface area contributed by atoms with E-state index in [2.05, 4.69) is 0 Å². The monoisotopic (exact) mass is 232 g/mol. The quantitative estimate of drug-likeness (QED) is 0.550. The molecule has 1 nitrogen and oxygen atoms in total. The fraction of sp³-hybridized carbons (Fsp3) is 0.455. The third-order valence-corrected chi connectivity index (χ3v) is 2.50. The van der Waals surface area contributed by atoms with Crippen LogP contribution in [0.4, 0.5) is 0 Å². The highest BCUT2D eigenvalue weighted by Crippen LogP contribution is 2.19. The smallest absolute Gasteiger partial charge is 0.0796 e. The van der Waals surface area contributed by atoms with E-state index in [1.165, 1.54) is 0 Å². The second kappa shape index (κ2) is 6.28. The number of hydrogen-bond donors (Lipinski definition) is 0. The summed E-state index contributed by atoms with van der Waals surface area (Å²) >= 11 is 11.3. The van der Waals surface area contributed by atoms with Gasteiger partial charge >= 0.3 is 0 Å². The molecule has 14 heavy (non-hydrogen) atoms. The summed E-state index contributed by atoms with van der Waals surface area (Å²) in [5, 5.41) is 0.752. The van der Waals surface area contributed by atoms with E-state index in [0.29, 0.717) is 12.5 Å². The summed E-state index contributed by atoms with van der Waals surface area (Å²) < 4.78 is 5.58. The molecule has 0 saturated carbocycles. The first kappa shape index (κ1) is 11.8. The van der Waals surface area contributed by atoms with Gasteiger partial charge < -0.3 is 4.74 Å². The second-order valence-electron chi connectivity index (χ2n) is 3.11. The van der Waals surface area contributed by atoms with Gasteiger partial charge in [0.2, 0.25) is 0 Å². The Morgan fingerprint density at radius 2 is 1.93 bits per heavy atom. The number of alkyl halides is 1. The van der Waals surface area contributed by atoms with Gasteiger partial charge in [-0.2, -0.15) is 0 Å². The molecule has 0 N–H and O–H groups in total. The maximum Gasteiger partial charge on any atom is 0.0796 e. The van der Waals surface area contributed by atoms with Gasteiger partial charge in [-0.05, 0) is 31.0 Å². The average Bonchev–Trinajstić information content (AvgIpc) is 2.19. The van der Waals surface area contributed by atoms with Crippen molar-refractivity contribution in [2.45, 2.75) is 19.4 Å². The van der Waals surface area contributed by atoms with E-state index in [9.17, 15) is 0 Å². The maximum atomic E-state index is 5.78. The van der Waals surface area contributed by atoms with Gasteiger partial charge in [0.1, 0.15) is 0 Å². The normalized spacial score (nSPS) is 12.8. The fourth-order valence-electron chi connectivity index (χ4n) is 1.14. The highest BCUT2D eigenvalue weighted by Gasteiger charge is 2.04. The number of hydrogen-bond acceptors (Lipinski definition) is 1. The lowest BCUT2D eigenvalue weighted by molar-refractivity contribution is 0.0666. The first-order chi connectivity index (χ1) is 6.74.